The van der Waals surface area contributed by atoms with Gasteiger partial charge in [0.15, 0.2) is 0 Å². The van der Waals surface area contributed by atoms with Crippen LogP contribution in [0.25, 0.3) is 0 Å². The van der Waals surface area contributed by atoms with Crippen molar-refractivity contribution in [1.82, 2.24) is 10.2 Å². The minimum absolute atomic E-state index is 0.144. The first-order chi connectivity index (χ1) is 9.44. The lowest BCUT2D eigenvalue weighted by molar-refractivity contribution is 0.0161. The van der Waals surface area contributed by atoms with E-state index in [0.717, 1.165) is 32.1 Å². The van der Waals surface area contributed by atoms with Gasteiger partial charge in [0.2, 0.25) is 0 Å². The van der Waals surface area contributed by atoms with Crippen molar-refractivity contribution in [2.45, 2.75) is 70.9 Å². The van der Waals surface area contributed by atoms with Gasteiger partial charge in [0.1, 0.15) is 5.60 Å². The zero-order chi connectivity index (χ0) is 14.6. The van der Waals surface area contributed by atoms with Crippen LogP contribution >= 0.6 is 0 Å². The Morgan fingerprint density at radius 3 is 2.60 bits per heavy atom. The SMILES string of the molecule is CC(C)(C)OC(=O)N1CCCC(CCNC2CCC2)C1. The van der Waals surface area contributed by atoms with Crippen LogP contribution in [0.4, 0.5) is 4.79 Å². The van der Waals surface area contributed by atoms with E-state index < -0.39 is 5.60 Å². The highest BCUT2D eigenvalue weighted by atomic mass is 16.6. The summed E-state index contributed by atoms with van der Waals surface area (Å²) in [5, 5.41) is 3.61. The van der Waals surface area contributed by atoms with E-state index in [1.54, 1.807) is 0 Å². The number of hydrogen-bond donors (Lipinski definition) is 1. The van der Waals surface area contributed by atoms with Crippen LogP contribution < -0.4 is 5.32 Å². The van der Waals surface area contributed by atoms with E-state index in [0.29, 0.717) is 5.92 Å². The van der Waals surface area contributed by atoms with Crippen LogP contribution in [0, 0.1) is 5.92 Å². The Kier molecular flexibility index (Phi) is 5.30. The zero-order valence-electron chi connectivity index (χ0n) is 13.3. The Hall–Kier alpha value is -0.770. The number of ether oxygens (including phenoxy) is 1. The molecule has 0 aromatic carbocycles. The summed E-state index contributed by atoms with van der Waals surface area (Å²) < 4.78 is 5.47. The van der Waals surface area contributed by atoms with Gasteiger partial charge in [-0.25, -0.2) is 4.79 Å². The third kappa shape index (κ3) is 4.97. The molecular weight excluding hydrogens is 252 g/mol. The molecule has 1 amide bonds. The average molecular weight is 282 g/mol. The third-order valence-corrected chi connectivity index (χ3v) is 4.26. The molecule has 1 atom stereocenters. The van der Waals surface area contributed by atoms with Crippen LogP contribution in [0.3, 0.4) is 0 Å². The topological polar surface area (TPSA) is 41.6 Å². The van der Waals surface area contributed by atoms with Crippen LogP contribution in [0.15, 0.2) is 0 Å². The van der Waals surface area contributed by atoms with Crippen molar-refractivity contribution in [3.05, 3.63) is 0 Å². The molecule has 2 rings (SSSR count). The van der Waals surface area contributed by atoms with E-state index in [1.807, 2.05) is 25.7 Å². The van der Waals surface area contributed by atoms with Gasteiger partial charge in [-0.1, -0.05) is 6.42 Å². The molecule has 0 bridgehead atoms. The van der Waals surface area contributed by atoms with Crippen molar-refractivity contribution >= 4 is 6.09 Å². The van der Waals surface area contributed by atoms with Crippen molar-refractivity contribution in [1.29, 1.82) is 0 Å². The molecule has 4 nitrogen and oxygen atoms in total. The molecule has 1 saturated heterocycles. The Morgan fingerprint density at radius 1 is 1.25 bits per heavy atom. The second-order valence-electron chi connectivity index (χ2n) is 7.31. The number of nitrogens with zero attached hydrogens (tertiary/aromatic N) is 1. The van der Waals surface area contributed by atoms with Gasteiger partial charge < -0.3 is 15.0 Å². The molecule has 0 spiro atoms. The standard InChI is InChI=1S/C16H30N2O2/c1-16(2,3)20-15(19)18-11-5-6-13(12-18)9-10-17-14-7-4-8-14/h13-14,17H,4-12H2,1-3H3. The Bertz CT molecular complexity index is 321. The van der Waals surface area contributed by atoms with Crippen molar-refractivity contribution in [3.63, 3.8) is 0 Å². The monoisotopic (exact) mass is 282 g/mol. The smallest absolute Gasteiger partial charge is 0.410 e. The summed E-state index contributed by atoms with van der Waals surface area (Å²) in [6.07, 6.45) is 7.44. The normalized spacial score (nSPS) is 24.4. The maximum absolute atomic E-state index is 12.1. The van der Waals surface area contributed by atoms with Crippen LogP contribution in [-0.4, -0.2) is 42.3 Å². The van der Waals surface area contributed by atoms with E-state index in [1.165, 1.54) is 32.1 Å². The van der Waals surface area contributed by atoms with Crippen molar-refractivity contribution in [3.8, 4) is 0 Å². The Morgan fingerprint density at radius 2 is 2.00 bits per heavy atom. The Labute approximate surface area is 123 Å². The molecule has 1 heterocycles. The lowest BCUT2D eigenvalue weighted by atomic mass is 9.91. The summed E-state index contributed by atoms with van der Waals surface area (Å²) in [7, 11) is 0. The van der Waals surface area contributed by atoms with E-state index in [4.69, 9.17) is 4.74 Å². The van der Waals surface area contributed by atoms with Gasteiger partial charge in [-0.15, -0.1) is 0 Å². The third-order valence-electron chi connectivity index (χ3n) is 4.26. The number of nitrogens with one attached hydrogen (secondary N) is 1. The van der Waals surface area contributed by atoms with Crippen LogP contribution in [0.2, 0.25) is 0 Å². The lowest BCUT2D eigenvalue weighted by Crippen LogP contribution is -2.44. The van der Waals surface area contributed by atoms with Gasteiger partial charge in [0.25, 0.3) is 0 Å². The highest BCUT2D eigenvalue weighted by Gasteiger charge is 2.27. The van der Waals surface area contributed by atoms with E-state index in [9.17, 15) is 4.79 Å². The Balaban J connectivity index is 1.69. The molecule has 116 valence electrons. The fourth-order valence-electron chi connectivity index (χ4n) is 2.90. The van der Waals surface area contributed by atoms with Crippen molar-refractivity contribution < 1.29 is 9.53 Å². The zero-order valence-corrected chi connectivity index (χ0v) is 13.3. The molecule has 1 aliphatic heterocycles. The molecule has 1 N–H and O–H groups in total. The summed E-state index contributed by atoms with van der Waals surface area (Å²) in [6.45, 7) is 8.58. The molecule has 4 heteroatoms. The van der Waals surface area contributed by atoms with E-state index >= 15 is 0 Å². The maximum atomic E-state index is 12.1. The maximum Gasteiger partial charge on any atom is 0.410 e. The molecule has 1 saturated carbocycles. The molecule has 1 aliphatic carbocycles. The van der Waals surface area contributed by atoms with Crippen molar-refractivity contribution in [2.24, 2.45) is 5.92 Å². The predicted molar refractivity (Wildman–Crippen MR) is 80.8 cm³/mol. The fraction of sp³-hybridized carbons (Fsp3) is 0.938. The number of hydrogen-bond acceptors (Lipinski definition) is 3. The second kappa shape index (κ2) is 6.79. The quantitative estimate of drug-likeness (QED) is 0.861. The van der Waals surface area contributed by atoms with Gasteiger partial charge in [-0.05, 0) is 65.3 Å². The number of likely N-dealkylation sites (tertiary alicyclic amines) is 1. The van der Waals surface area contributed by atoms with Gasteiger partial charge in [0, 0.05) is 19.1 Å². The number of carbonyl (C=O) groups is 1. The minimum Gasteiger partial charge on any atom is -0.444 e. The minimum atomic E-state index is -0.393. The second-order valence-corrected chi connectivity index (χ2v) is 7.31. The first-order valence-corrected chi connectivity index (χ1v) is 8.15. The number of carbonyl (C=O) groups excluding carboxylic acids is 1. The first-order valence-electron chi connectivity index (χ1n) is 8.15. The van der Waals surface area contributed by atoms with Crippen LogP contribution in [-0.2, 0) is 4.74 Å². The highest BCUT2D eigenvalue weighted by Crippen LogP contribution is 2.22. The molecule has 0 aromatic heterocycles. The highest BCUT2D eigenvalue weighted by molar-refractivity contribution is 5.68. The summed E-state index contributed by atoms with van der Waals surface area (Å²) >= 11 is 0. The number of rotatable bonds is 4. The van der Waals surface area contributed by atoms with Gasteiger partial charge in [-0.2, -0.15) is 0 Å². The molecular formula is C16H30N2O2. The summed E-state index contributed by atoms with van der Waals surface area (Å²) in [4.78, 5) is 14.0. The van der Waals surface area contributed by atoms with E-state index in [2.05, 4.69) is 5.32 Å². The summed E-state index contributed by atoms with van der Waals surface area (Å²) in [5.74, 6) is 0.629. The van der Waals surface area contributed by atoms with Gasteiger partial charge in [0.05, 0.1) is 0 Å². The van der Waals surface area contributed by atoms with E-state index in [-0.39, 0.29) is 6.09 Å². The molecule has 2 fully saturated rings. The van der Waals surface area contributed by atoms with Gasteiger partial charge >= 0.3 is 6.09 Å². The number of amides is 1. The molecule has 2 aliphatic rings. The molecule has 0 radical (unpaired) electrons. The predicted octanol–water partition coefficient (Wildman–Crippen LogP) is 3.17. The fourth-order valence-corrected chi connectivity index (χ4v) is 2.90. The number of piperidine rings is 1. The lowest BCUT2D eigenvalue weighted by Gasteiger charge is -2.34. The average Bonchev–Trinajstić information content (AvgIpc) is 2.30. The molecule has 1 unspecified atom stereocenters. The van der Waals surface area contributed by atoms with Crippen LogP contribution in [0.5, 0.6) is 0 Å². The largest absolute Gasteiger partial charge is 0.444 e. The summed E-state index contributed by atoms with van der Waals surface area (Å²) in [5.41, 5.74) is -0.393. The molecule has 20 heavy (non-hydrogen) atoms. The van der Waals surface area contributed by atoms with Gasteiger partial charge in [-0.3, -0.25) is 0 Å². The summed E-state index contributed by atoms with van der Waals surface area (Å²) in [6, 6.07) is 0.764. The van der Waals surface area contributed by atoms with Crippen LogP contribution in [0.1, 0.15) is 59.3 Å². The first kappa shape index (κ1) is 15.6. The van der Waals surface area contributed by atoms with Crippen molar-refractivity contribution in [2.75, 3.05) is 19.6 Å². The molecule has 0 aromatic rings.